The fourth-order valence-electron chi connectivity index (χ4n) is 4.72. The van der Waals surface area contributed by atoms with Crippen LogP contribution in [0.5, 0.6) is 5.75 Å². The number of fused-ring (bicyclic) bond motifs is 4. The van der Waals surface area contributed by atoms with Crippen LogP contribution in [0.2, 0.25) is 0 Å². The van der Waals surface area contributed by atoms with Crippen molar-refractivity contribution in [2.75, 3.05) is 0 Å². The van der Waals surface area contributed by atoms with Gasteiger partial charge in [-0.05, 0) is 56.5 Å². The van der Waals surface area contributed by atoms with E-state index in [2.05, 4.69) is 5.32 Å². The van der Waals surface area contributed by atoms with Gasteiger partial charge in [-0.25, -0.2) is 4.98 Å². The number of nitrogens with zero attached hydrogens (tertiary/aromatic N) is 2. The molecular weight excluding hydrogens is 422 g/mol. The number of phenolic OH excluding ortho intramolecular Hbond substituents is 1. The van der Waals surface area contributed by atoms with Crippen LogP contribution in [-0.2, 0) is 30.0 Å². The Kier molecular flexibility index (Phi) is 5.76. The number of aliphatic hydroxyl groups is 2. The van der Waals surface area contributed by atoms with Crippen molar-refractivity contribution in [3.05, 3.63) is 56.9 Å². The Morgan fingerprint density at radius 1 is 1.24 bits per heavy atom. The molecule has 1 aliphatic heterocycles. The largest absolute Gasteiger partial charge is 0.508 e. The molecule has 3 aromatic rings. The summed E-state index contributed by atoms with van der Waals surface area (Å²) in [6.45, 7) is 6.89. The molecule has 4 N–H and O–H groups in total. The van der Waals surface area contributed by atoms with Crippen molar-refractivity contribution < 1.29 is 20.1 Å². The highest BCUT2D eigenvalue weighted by atomic mass is 16.3. The summed E-state index contributed by atoms with van der Waals surface area (Å²) in [4.78, 5) is 31.1. The molecule has 3 heterocycles. The minimum atomic E-state index is -1.98. The van der Waals surface area contributed by atoms with Crippen LogP contribution in [0.25, 0.3) is 22.3 Å². The molecule has 1 aromatic carbocycles. The standard InChI is InChI=1S/C25H29N3O5/c1-5-15-16-9-14(30)7-8-20(16)27-22-17(15)11-28-21(22)10-19(18(12-29)23(28)31)25(33,6-2)24(32)26-13(3)4/h7-10,13,29-30,33H,5-6,11-12H2,1-4H3,(H,26,32). The zero-order valence-electron chi connectivity index (χ0n) is 19.3. The van der Waals surface area contributed by atoms with Gasteiger partial charge in [0.1, 0.15) is 5.75 Å². The van der Waals surface area contributed by atoms with Crippen LogP contribution in [0, 0.1) is 0 Å². The van der Waals surface area contributed by atoms with Gasteiger partial charge in [0.2, 0.25) is 0 Å². The lowest BCUT2D eigenvalue weighted by atomic mass is 9.86. The first-order chi connectivity index (χ1) is 15.7. The summed E-state index contributed by atoms with van der Waals surface area (Å²) in [6.07, 6.45) is 0.696. The molecule has 33 heavy (non-hydrogen) atoms. The third-order valence-corrected chi connectivity index (χ3v) is 6.41. The summed E-state index contributed by atoms with van der Waals surface area (Å²) in [7, 11) is 0. The molecule has 1 atom stereocenters. The highest BCUT2D eigenvalue weighted by molar-refractivity contribution is 5.90. The van der Waals surface area contributed by atoms with E-state index in [0.717, 1.165) is 16.5 Å². The molecule has 1 aliphatic rings. The van der Waals surface area contributed by atoms with Gasteiger partial charge in [0.15, 0.2) is 5.60 Å². The van der Waals surface area contributed by atoms with E-state index in [1.54, 1.807) is 45.0 Å². The molecule has 0 saturated heterocycles. The quantitative estimate of drug-likeness (QED) is 0.357. The average molecular weight is 452 g/mol. The second kappa shape index (κ2) is 8.28. The third-order valence-electron chi connectivity index (χ3n) is 6.41. The number of amides is 1. The van der Waals surface area contributed by atoms with Crippen molar-refractivity contribution in [1.29, 1.82) is 0 Å². The number of aryl methyl sites for hydroxylation is 1. The molecule has 0 aliphatic carbocycles. The Morgan fingerprint density at radius 2 is 1.97 bits per heavy atom. The van der Waals surface area contributed by atoms with Crippen LogP contribution in [-0.4, -0.2) is 36.8 Å². The number of aromatic hydroxyl groups is 1. The lowest BCUT2D eigenvalue weighted by Gasteiger charge is -2.29. The van der Waals surface area contributed by atoms with Gasteiger partial charge in [0.25, 0.3) is 11.5 Å². The minimum Gasteiger partial charge on any atom is -0.508 e. The summed E-state index contributed by atoms with van der Waals surface area (Å²) in [6, 6.07) is 6.37. The summed E-state index contributed by atoms with van der Waals surface area (Å²) in [5.74, 6) is -0.478. The number of carbonyl (C=O) groups excluding carboxylic acids is 1. The number of hydrogen-bond donors (Lipinski definition) is 4. The molecule has 1 amide bonds. The van der Waals surface area contributed by atoms with E-state index < -0.39 is 23.7 Å². The summed E-state index contributed by atoms with van der Waals surface area (Å²) < 4.78 is 1.53. The van der Waals surface area contributed by atoms with E-state index in [9.17, 15) is 24.9 Å². The van der Waals surface area contributed by atoms with Crippen LogP contribution in [0.1, 0.15) is 56.4 Å². The highest BCUT2D eigenvalue weighted by Gasteiger charge is 2.41. The zero-order valence-corrected chi connectivity index (χ0v) is 19.3. The van der Waals surface area contributed by atoms with E-state index in [-0.39, 0.29) is 35.9 Å². The van der Waals surface area contributed by atoms with Crippen molar-refractivity contribution in [2.24, 2.45) is 0 Å². The molecular formula is C25H29N3O5. The van der Waals surface area contributed by atoms with Crippen LogP contribution in [0.15, 0.2) is 29.1 Å². The smallest absolute Gasteiger partial charge is 0.257 e. The van der Waals surface area contributed by atoms with Crippen LogP contribution in [0.4, 0.5) is 0 Å². The Hall–Kier alpha value is -3.23. The van der Waals surface area contributed by atoms with Gasteiger partial charge in [-0.15, -0.1) is 0 Å². The first kappa shape index (κ1) is 22.9. The number of rotatable bonds is 6. The maximum absolute atomic E-state index is 13.4. The number of benzene rings is 1. The van der Waals surface area contributed by atoms with E-state index in [1.165, 1.54) is 4.57 Å². The number of aromatic nitrogens is 2. The number of pyridine rings is 2. The zero-order chi connectivity index (χ0) is 24.1. The van der Waals surface area contributed by atoms with E-state index in [1.807, 2.05) is 6.92 Å². The highest BCUT2D eigenvalue weighted by Crippen LogP contribution is 2.39. The number of nitrogens with one attached hydrogen (secondary N) is 1. The molecule has 174 valence electrons. The first-order valence-corrected chi connectivity index (χ1v) is 11.2. The van der Waals surface area contributed by atoms with Gasteiger partial charge in [0.05, 0.1) is 30.1 Å². The predicted molar refractivity (Wildman–Crippen MR) is 125 cm³/mol. The van der Waals surface area contributed by atoms with Gasteiger partial charge in [-0.2, -0.15) is 0 Å². The average Bonchev–Trinajstić information content (AvgIpc) is 3.15. The lowest BCUT2D eigenvalue weighted by Crippen LogP contribution is -2.48. The molecule has 8 nitrogen and oxygen atoms in total. The molecule has 1 unspecified atom stereocenters. The Labute approximate surface area is 191 Å². The summed E-state index contributed by atoms with van der Waals surface area (Å²) >= 11 is 0. The molecule has 4 rings (SSSR count). The molecule has 0 bridgehead atoms. The second-order valence-corrected chi connectivity index (χ2v) is 8.79. The van der Waals surface area contributed by atoms with Crippen molar-refractivity contribution >= 4 is 16.8 Å². The van der Waals surface area contributed by atoms with Gasteiger partial charge in [-0.3, -0.25) is 9.59 Å². The predicted octanol–water partition coefficient (Wildman–Crippen LogP) is 2.31. The van der Waals surface area contributed by atoms with Gasteiger partial charge in [-0.1, -0.05) is 13.8 Å². The third kappa shape index (κ3) is 3.50. The Morgan fingerprint density at radius 3 is 2.58 bits per heavy atom. The number of hydrogen-bond acceptors (Lipinski definition) is 6. The maximum atomic E-state index is 13.4. The van der Waals surface area contributed by atoms with Gasteiger partial charge >= 0.3 is 0 Å². The topological polar surface area (TPSA) is 125 Å². The molecule has 0 saturated carbocycles. The summed E-state index contributed by atoms with van der Waals surface area (Å²) in [5.41, 5.74) is 1.28. The van der Waals surface area contributed by atoms with Crippen molar-refractivity contribution in [3.63, 3.8) is 0 Å². The number of carbonyl (C=O) groups is 1. The van der Waals surface area contributed by atoms with Crippen LogP contribution < -0.4 is 10.9 Å². The maximum Gasteiger partial charge on any atom is 0.257 e. The van der Waals surface area contributed by atoms with Crippen molar-refractivity contribution in [1.82, 2.24) is 14.9 Å². The lowest BCUT2D eigenvalue weighted by molar-refractivity contribution is -0.142. The normalized spacial score (nSPS) is 14.3. The number of phenols is 1. The molecule has 0 spiro atoms. The Balaban J connectivity index is 2.01. The number of aliphatic hydroxyl groups excluding tert-OH is 1. The summed E-state index contributed by atoms with van der Waals surface area (Å²) in [5, 5.41) is 35.0. The fraction of sp³-hybridized carbons (Fsp3) is 0.400. The SMILES string of the molecule is CCc1c2c(nc3ccc(O)cc13)-c1cc(C(O)(CC)C(=O)NC(C)C)c(CO)c(=O)n1C2. The Bertz CT molecular complexity index is 1330. The monoisotopic (exact) mass is 451 g/mol. The van der Waals surface area contributed by atoms with Crippen molar-refractivity contribution in [2.45, 2.75) is 65.3 Å². The van der Waals surface area contributed by atoms with Crippen LogP contribution >= 0.6 is 0 Å². The fourth-order valence-corrected chi connectivity index (χ4v) is 4.72. The molecule has 0 fully saturated rings. The van der Waals surface area contributed by atoms with Crippen molar-refractivity contribution in [3.8, 4) is 17.1 Å². The molecule has 2 aromatic heterocycles. The molecule has 0 radical (unpaired) electrons. The van der Waals surface area contributed by atoms with Gasteiger partial charge in [0, 0.05) is 28.1 Å². The van der Waals surface area contributed by atoms with Crippen LogP contribution in [0.3, 0.4) is 0 Å². The van der Waals surface area contributed by atoms with E-state index >= 15 is 0 Å². The minimum absolute atomic E-state index is 0.00457. The van der Waals surface area contributed by atoms with Gasteiger partial charge < -0.3 is 25.2 Å². The van der Waals surface area contributed by atoms with E-state index in [4.69, 9.17) is 4.98 Å². The molecule has 8 heteroatoms. The second-order valence-electron chi connectivity index (χ2n) is 8.79. The van der Waals surface area contributed by atoms with E-state index in [0.29, 0.717) is 23.3 Å². The first-order valence-electron chi connectivity index (χ1n) is 11.2.